The Hall–Kier alpha value is -2.41. The largest absolute Gasteiger partial charge is 0.472 e. The van der Waals surface area contributed by atoms with Crippen molar-refractivity contribution >= 4 is 11.3 Å². The minimum Gasteiger partial charge on any atom is -0.472 e. The van der Waals surface area contributed by atoms with Gasteiger partial charge < -0.3 is 9.32 Å². The molecule has 1 aliphatic heterocycles. The van der Waals surface area contributed by atoms with Crippen molar-refractivity contribution in [1.82, 2.24) is 24.7 Å². The van der Waals surface area contributed by atoms with Gasteiger partial charge in [-0.1, -0.05) is 6.92 Å². The van der Waals surface area contributed by atoms with Crippen LogP contribution < -0.4 is 4.90 Å². The van der Waals surface area contributed by atoms with Crippen molar-refractivity contribution in [2.24, 2.45) is 0 Å². The third kappa shape index (κ3) is 2.79. The molecule has 0 N–H and O–H groups in total. The van der Waals surface area contributed by atoms with Crippen LogP contribution in [0.1, 0.15) is 18.3 Å². The third-order valence-electron chi connectivity index (χ3n) is 4.35. The van der Waals surface area contributed by atoms with Gasteiger partial charge in [-0.3, -0.25) is 4.90 Å². The summed E-state index contributed by atoms with van der Waals surface area (Å²) >= 11 is 0. The summed E-state index contributed by atoms with van der Waals surface area (Å²) in [6.45, 7) is 7.05. The highest BCUT2D eigenvalue weighted by atomic mass is 16.3. The van der Waals surface area contributed by atoms with Gasteiger partial charge in [0.2, 0.25) is 0 Å². The van der Waals surface area contributed by atoms with Crippen LogP contribution in [0.4, 0.5) is 5.69 Å². The molecule has 4 heterocycles. The molecule has 0 bridgehead atoms. The minimum atomic E-state index is 0.820. The summed E-state index contributed by atoms with van der Waals surface area (Å²) in [5.41, 5.74) is 3.17. The number of aromatic nitrogens is 4. The van der Waals surface area contributed by atoms with E-state index in [1.165, 1.54) is 5.56 Å². The van der Waals surface area contributed by atoms with Crippen molar-refractivity contribution in [3.8, 4) is 0 Å². The molecule has 120 valence electrons. The number of anilines is 1. The Kier molecular flexibility index (Phi) is 3.70. The van der Waals surface area contributed by atoms with E-state index in [0.29, 0.717) is 0 Å². The van der Waals surface area contributed by atoms with Gasteiger partial charge in [-0.05, 0) is 6.07 Å². The highest BCUT2D eigenvalue weighted by Gasteiger charge is 2.18. The quantitative estimate of drug-likeness (QED) is 0.729. The minimum absolute atomic E-state index is 0.820. The van der Waals surface area contributed by atoms with Gasteiger partial charge >= 0.3 is 0 Å². The van der Waals surface area contributed by atoms with Crippen LogP contribution in [0.5, 0.6) is 0 Å². The lowest BCUT2D eigenvalue weighted by atomic mass is 10.2. The molecule has 0 unspecified atom stereocenters. The van der Waals surface area contributed by atoms with E-state index in [4.69, 9.17) is 4.42 Å². The molecule has 0 saturated carbocycles. The van der Waals surface area contributed by atoms with Gasteiger partial charge in [-0.15, -0.1) is 10.2 Å². The van der Waals surface area contributed by atoms with Gasteiger partial charge in [0.1, 0.15) is 0 Å². The molecule has 0 radical (unpaired) electrons. The molecule has 1 saturated heterocycles. The van der Waals surface area contributed by atoms with Crippen molar-refractivity contribution in [2.45, 2.75) is 19.9 Å². The maximum absolute atomic E-state index is 5.14. The molecule has 0 aliphatic carbocycles. The summed E-state index contributed by atoms with van der Waals surface area (Å²) in [6.07, 6.45) is 6.30. The summed E-state index contributed by atoms with van der Waals surface area (Å²) < 4.78 is 6.96. The van der Waals surface area contributed by atoms with Crippen molar-refractivity contribution in [3.05, 3.63) is 42.2 Å². The summed E-state index contributed by atoms with van der Waals surface area (Å²) in [5, 5.41) is 12.9. The van der Waals surface area contributed by atoms with E-state index < -0.39 is 0 Å². The van der Waals surface area contributed by atoms with E-state index in [1.807, 2.05) is 23.0 Å². The molecule has 3 aromatic heterocycles. The predicted octanol–water partition coefficient (Wildman–Crippen LogP) is 1.60. The number of fused-ring (bicyclic) bond motifs is 1. The molecule has 0 amide bonds. The van der Waals surface area contributed by atoms with Crippen LogP contribution in [0.25, 0.3) is 5.65 Å². The molecular formula is C16H20N6O. The first kappa shape index (κ1) is 14.2. The summed E-state index contributed by atoms with van der Waals surface area (Å²) in [6, 6.07) is 4.10. The molecule has 0 aromatic carbocycles. The second-order valence-electron chi connectivity index (χ2n) is 5.85. The second kappa shape index (κ2) is 6.00. The zero-order valence-corrected chi connectivity index (χ0v) is 13.2. The van der Waals surface area contributed by atoms with Crippen LogP contribution in [0, 0.1) is 0 Å². The maximum Gasteiger partial charge on any atom is 0.179 e. The monoisotopic (exact) mass is 312 g/mol. The molecule has 0 atom stereocenters. The van der Waals surface area contributed by atoms with E-state index in [-0.39, 0.29) is 0 Å². The molecule has 7 heteroatoms. The van der Waals surface area contributed by atoms with Crippen LogP contribution in [-0.2, 0) is 13.0 Å². The van der Waals surface area contributed by atoms with E-state index in [9.17, 15) is 0 Å². The summed E-state index contributed by atoms with van der Waals surface area (Å²) in [4.78, 5) is 4.80. The van der Waals surface area contributed by atoms with Crippen molar-refractivity contribution < 1.29 is 4.42 Å². The Bertz CT molecular complexity index is 773. The van der Waals surface area contributed by atoms with Crippen molar-refractivity contribution in [1.29, 1.82) is 0 Å². The Morgan fingerprint density at radius 3 is 2.78 bits per heavy atom. The number of piperazine rings is 1. The van der Waals surface area contributed by atoms with Crippen LogP contribution >= 0.6 is 0 Å². The molecule has 1 aliphatic rings. The highest BCUT2D eigenvalue weighted by molar-refractivity contribution is 5.54. The van der Waals surface area contributed by atoms with E-state index in [1.54, 1.807) is 6.26 Å². The first-order valence-electron chi connectivity index (χ1n) is 8.02. The Morgan fingerprint density at radius 1 is 1.17 bits per heavy atom. The summed E-state index contributed by atoms with van der Waals surface area (Å²) in [5.74, 6) is 0.900. The first-order chi connectivity index (χ1) is 11.3. The lowest BCUT2D eigenvalue weighted by Crippen LogP contribution is -2.46. The molecule has 1 fully saturated rings. The summed E-state index contributed by atoms with van der Waals surface area (Å²) in [7, 11) is 0. The van der Waals surface area contributed by atoms with Gasteiger partial charge in [0.15, 0.2) is 11.5 Å². The number of aryl methyl sites for hydroxylation is 1. The number of hydrogen-bond donors (Lipinski definition) is 0. The number of nitrogens with zero attached hydrogens (tertiary/aromatic N) is 6. The fourth-order valence-electron chi connectivity index (χ4n) is 3.03. The maximum atomic E-state index is 5.14. The normalized spacial score (nSPS) is 16.3. The second-order valence-corrected chi connectivity index (χ2v) is 5.85. The van der Waals surface area contributed by atoms with Crippen LogP contribution in [0.2, 0.25) is 0 Å². The standard InChI is InChI=1S/C16H20N6O/c1-2-15-18-19-16-9-14(10-17-22(15)16)21-6-4-20(5-7-21)11-13-3-8-23-12-13/h3,8-10,12H,2,4-7,11H2,1H3. The van der Waals surface area contributed by atoms with Gasteiger partial charge in [0, 0.05) is 50.8 Å². The van der Waals surface area contributed by atoms with Gasteiger partial charge in [0.25, 0.3) is 0 Å². The molecule has 3 aromatic rings. The fraction of sp³-hybridized carbons (Fsp3) is 0.438. The van der Waals surface area contributed by atoms with E-state index >= 15 is 0 Å². The van der Waals surface area contributed by atoms with Crippen LogP contribution in [-0.4, -0.2) is 50.9 Å². The van der Waals surface area contributed by atoms with Crippen molar-refractivity contribution in [2.75, 3.05) is 31.1 Å². The van der Waals surface area contributed by atoms with Crippen LogP contribution in [0.15, 0.2) is 35.3 Å². The Morgan fingerprint density at radius 2 is 2.04 bits per heavy atom. The van der Waals surface area contributed by atoms with Gasteiger partial charge in [-0.2, -0.15) is 9.61 Å². The fourth-order valence-corrected chi connectivity index (χ4v) is 3.03. The van der Waals surface area contributed by atoms with Crippen LogP contribution in [0.3, 0.4) is 0 Å². The number of hydrogen-bond acceptors (Lipinski definition) is 6. The zero-order chi connectivity index (χ0) is 15.6. The zero-order valence-electron chi connectivity index (χ0n) is 13.2. The lowest BCUT2D eigenvalue weighted by molar-refractivity contribution is 0.249. The molecule has 7 nitrogen and oxygen atoms in total. The molecule has 0 spiro atoms. The average Bonchev–Trinajstić information content (AvgIpc) is 3.24. The number of furan rings is 1. The Balaban J connectivity index is 1.43. The lowest BCUT2D eigenvalue weighted by Gasteiger charge is -2.35. The highest BCUT2D eigenvalue weighted by Crippen LogP contribution is 2.18. The van der Waals surface area contributed by atoms with E-state index in [2.05, 4.69) is 38.1 Å². The van der Waals surface area contributed by atoms with E-state index in [0.717, 1.165) is 56.3 Å². The topological polar surface area (TPSA) is 62.7 Å². The number of rotatable bonds is 4. The molecular weight excluding hydrogens is 292 g/mol. The van der Waals surface area contributed by atoms with Gasteiger partial charge in [0.05, 0.1) is 24.4 Å². The smallest absolute Gasteiger partial charge is 0.179 e. The Labute approximate surface area is 134 Å². The SMILES string of the molecule is CCc1nnc2cc(N3CCN(Cc4ccoc4)CC3)cnn12. The van der Waals surface area contributed by atoms with Crippen molar-refractivity contribution in [3.63, 3.8) is 0 Å². The average molecular weight is 312 g/mol. The first-order valence-corrected chi connectivity index (χ1v) is 8.02. The van der Waals surface area contributed by atoms with Gasteiger partial charge in [-0.25, -0.2) is 0 Å². The molecule has 23 heavy (non-hydrogen) atoms. The molecule has 4 rings (SSSR count). The third-order valence-corrected chi connectivity index (χ3v) is 4.35. The predicted molar refractivity (Wildman–Crippen MR) is 86.4 cm³/mol.